The van der Waals surface area contributed by atoms with E-state index in [0.717, 1.165) is 19.3 Å². The van der Waals surface area contributed by atoms with Gasteiger partial charge < -0.3 is 5.73 Å². The molecule has 0 amide bonds. The van der Waals surface area contributed by atoms with Crippen LogP contribution in [0.2, 0.25) is 0 Å². The van der Waals surface area contributed by atoms with E-state index in [1.165, 1.54) is 16.4 Å². The average Bonchev–Trinajstić information content (AvgIpc) is 3.01. The second-order valence-electron chi connectivity index (χ2n) is 6.78. The van der Waals surface area contributed by atoms with Crippen LogP contribution in [0.4, 0.5) is 17.2 Å². The van der Waals surface area contributed by atoms with Crippen molar-refractivity contribution in [1.82, 2.24) is 14.1 Å². The van der Waals surface area contributed by atoms with Crippen molar-refractivity contribution < 1.29 is 8.42 Å². The van der Waals surface area contributed by atoms with Crippen LogP contribution in [0.5, 0.6) is 0 Å². The van der Waals surface area contributed by atoms with E-state index in [-0.39, 0.29) is 10.6 Å². The van der Waals surface area contributed by atoms with Gasteiger partial charge in [-0.3, -0.25) is 14.6 Å². The number of nitrogens with zero attached hydrogens (tertiary/aromatic N) is 5. The fourth-order valence-electron chi connectivity index (χ4n) is 3.29. The van der Waals surface area contributed by atoms with E-state index in [9.17, 15) is 13.2 Å². The number of sulfonamides is 1. The van der Waals surface area contributed by atoms with Gasteiger partial charge in [0.05, 0.1) is 10.6 Å². The van der Waals surface area contributed by atoms with Gasteiger partial charge in [-0.25, -0.2) is 13.4 Å². The highest BCUT2D eigenvalue weighted by Gasteiger charge is 2.25. The molecule has 10 nitrogen and oxygen atoms in total. The molecule has 1 aromatic carbocycles. The monoisotopic (exact) mass is 403 g/mol. The van der Waals surface area contributed by atoms with Crippen molar-refractivity contribution in [1.29, 1.82) is 0 Å². The molecule has 0 saturated carbocycles. The van der Waals surface area contributed by atoms with Crippen LogP contribution in [-0.2, 0) is 16.6 Å². The van der Waals surface area contributed by atoms with Gasteiger partial charge in [-0.1, -0.05) is 6.42 Å². The molecule has 148 valence electrons. The molecule has 1 saturated heterocycles. The second kappa shape index (κ2) is 7.32. The summed E-state index contributed by atoms with van der Waals surface area (Å²) in [5.41, 5.74) is 5.85. The maximum absolute atomic E-state index is 12.7. The number of aromatic amines is 1. The van der Waals surface area contributed by atoms with Gasteiger partial charge in [-0.2, -0.15) is 9.42 Å². The van der Waals surface area contributed by atoms with Gasteiger partial charge >= 0.3 is 0 Å². The van der Waals surface area contributed by atoms with Crippen molar-refractivity contribution in [2.24, 2.45) is 21.0 Å². The van der Waals surface area contributed by atoms with E-state index in [2.05, 4.69) is 20.3 Å². The first-order chi connectivity index (χ1) is 13.4. The predicted molar refractivity (Wildman–Crippen MR) is 104 cm³/mol. The zero-order chi connectivity index (χ0) is 19.7. The molecule has 2 aliphatic heterocycles. The second-order valence-corrected chi connectivity index (χ2v) is 8.71. The highest BCUT2D eigenvalue weighted by molar-refractivity contribution is 7.89. The molecule has 0 spiro atoms. The third kappa shape index (κ3) is 3.50. The minimum atomic E-state index is -3.49. The third-order valence-electron chi connectivity index (χ3n) is 4.82. The standard InChI is InChI=1S/C17H21N7O3S/c18-14-8-11-24-16(19-14)15(17(25)22-24)21-20-12-4-6-13(7-5-12)28(26,27)23-9-2-1-3-10-23/h4-7H,1-3,8-11H2,(H2,18,19)(H,22,25). The highest BCUT2D eigenvalue weighted by Crippen LogP contribution is 2.29. The Balaban J connectivity index is 1.56. The van der Waals surface area contributed by atoms with Crippen molar-refractivity contribution in [2.45, 2.75) is 37.1 Å². The molecule has 28 heavy (non-hydrogen) atoms. The first-order valence-corrected chi connectivity index (χ1v) is 10.6. The Kier molecular flexibility index (Phi) is 4.85. The van der Waals surface area contributed by atoms with E-state index in [1.807, 2.05) is 0 Å². The largest absolute Gasteiger partial charge is 0.387 e. The molecular weight excluding hydrogens is 382 g/mol. The summed E-state index contributed by atoms with van der Waals surface area (Å²) in [6, 6.07) is 6.14. The van der Waals surface area contributed by atoms with E-state index in [0.29, 0.717) is 43.4 Å². The topological polar surface area (TPSA) is 138 Å². The molecular formula is C17H21N7O3S. The van der Waals surface area contributed by atoms with Crippen molar-refractivity contribution in [3.8, 4) is 0 Å². The number of piperidine rings is 1. The van der Waals surface area contributed by atoms with Crippen LogP contribution >= 0.6 is 0 Å². The molecule has 2 aromatic rings. The number of aryl methyl sites for hydroxylation is 1. The van der Waals surface area contributed by atoms with Gasteiger partial charge in [0.15, 0.2) is 11.5 Å². The number of aliphatic imine (C=N–C) groups is 1. The van der Waals surface area contributed by atoms with Crippen LogP contribution in [0.3, 0.4) is 0 Å². The quantitative estimate of drug-likeness (QED) is 0.755. The minimum absolute atomic E-state index is 0.0765. The molecule has 3 N–H and O–H groups in total. The van der Waals surface area contributed by atoms with Crippen LogP contribution in [0, 0.1) is 0 Å². The molecule has 2 aliphatic rings. The Morgan fingerprint density at radius 1 is 1.04 bits per heavy atom. The average molecular weight is 403 g/mol. The van der Waals surface area contributed by atoms with Crippen LogP contribution in [0.1, 0.15) is 25.7 Å². The van der Waals surface area contributed by atoms with Crippen LogP contribution in [0.25, 0.3) is 0 Å². The van der Waals surface area contributed by atoms with Crippen molar-refractivity contribution in [3.63, 3.8) is 0 Å². The summed E-state index contributed by atoms with van der Waals surface area (Å²) in [4.78, 5) is 16.5. The maximum atomic E-state index is 12.7. The van der Waals surface area contributed by atoms with Gasteiger partial charge in [0.2, 0.25) is 10.0 Å². The maximum Gasteiger partial charge on any atom is 0.294 e. The number of fused-ring (bicyclic) bond motifs is 1. The van der Waals surface area contributed by atoms with E-state index in [1.54, 1.807) is 16.8 Å². The molecule has 4 rings (SSSR count). The third-order valence-corrected chi connectivity index (χ3v) is 6.73. The SMILES string of the molecule is NC1=Nc2c(N=Nc3ccc(S(=O)(=O)N4CCCCC4)cc3)c(=O)[nH]n2CC1. The van der Waals surface area contributed by atoms with E-state index < -0.39 is 15.6 Å². The molecule has 0 atom stereocenters. The fraction of sp³-hybridized carbons (Fsp3) is 0.412. The number of azo groups is 1. The zero-order valence-corrected chi connectivity index (χ0v) is 16.0. The molecule has 0 radical (unpaired) electrons. The van der Waals surface area contributed by atoms with Gasteiger partial charge in [0.25, 0.3) is 5.56 Å². The van der Waals surface area contributed by atoms with Gasteiger partial charge in [0.1, 0.15) is 5.84 Å². The lowest BCUT2D eigenvalue weighted by Crippen LogP contribution is -2.35. The lowest BCUT2D eigenvalue weighted by atomic mass is 10.2. The number of aromatic nitrogens is 2. The summed E-state index contributed by atoms with van der Waals surface area (Å²) >= 11 is 0. The van der Waals surface area contributed by atoms with Crippen LogP contribution in [0.15, 0.2) is 49.2 Å². The van der Waals surface area contributed by atoms with Crippen molar-refractivity contribution in [3.05, 3.63) is 34.6 Å². The predicted octanol–water partition coefficient (Wildman–Crippen LogP) is 2.16. The number of nitrogens with two attached hydrogens (primary N) is 1. The number of benzene rings is 1. The number of rotatable bonds is 4. The number of nitrogens with one attached hydrogen (secondary N) is 1. The number of hydrogen-bond donors (Lipinski definition) is 2. The minimum Gasteiger partial charge on any atom is -0.387 e. The summed E-state index contributed by atoms with van der Waals surface area (Å²) in [6.07, 6.45) is 3.38. The summed E-state index contributed by atoms with van der Waals surface area (Å²) in [6.45, 7) is 1.63. The van der Waals surface area contributed by atoms with Gasteiger partial charge in [-0.05, 0) is 37.1 Å². The fourth-order valence-corrected chi connectivity index (χ4v) is 4.81. The Bertz CT molecular complexity index is 1090. The number of H-pyrrole nitrogens is 1. The molecule has 0 bridgehead atoms. The molecule has 1 aromatic heterocycles. The van der Waals surface area contributed by atoms with E-state index in [4.69, 9.17) is 5.73 Å². The Hall–Kier alpha value is -2.79. The Morgan fingerprint density at radius 3 is 2.46 bits per heavy atom. The number of amidine groups is 1. The summed E-state index contributed by atoms with van der Waals surface area (Å²) in [5.74, 6) is 0.782. The van der Waals surface area contributed by atoms with Crippen molar-refractivity contribution in [2.75, 3.05) is 13.1 Å². The molecule has 0 aliphatic carbocycles. The van der Waals surface area contributed by atoms with Crippen molar-refractivity contribution >= 4 is 33.1 Å². The molecule has 3 heterocycles. The van der Waals surface area contributed by atoms with Crippen LogP contribution < -0.4 is 11.3 Å². The normalized spacial score (nSPS) is 18.2. The summed E-state index contributed by atoms with van der Waals surface area (Å²) in [7, 11) is -3.49. The van der Waals surface area contributed by atoms with Crippen LogP contribution in [-0.4, -0.2) is 41.4 Å². The Morgan fingerprint density at radius 2 is 1.75 bits per heavy atom. The summed E-state index contributed by atoms with van der Waals surface area (Å²) in [5, 5.41) is 10.7. The highest BCUT2D eigenvalue weighted by atomic mass is 32.2. The Labute approximate surface area is 161 Å². The lowest BCUT2D eigenvalue weighted by Gasteiger charge is -2.25. The van der Waals surface area contributed by atoms with Gasteiger partial charge in [-0.15, -0.1) is 5.11 Å². The molecule has 11 heteroatoms. The first kappa shape index (κ1) is 18.6. The first-order valence-electron chi connectivity index (χ1n) is 9.13. The number of hydrogen-bond acceptors (Lipinski definition) is 7. The summed E-state index contributed by atoms with van der Waals surface area (Å²) < 4.78 is 28.5. The van der Waals surface area contributed by atoms with E-state index >= 15 is 0 Å². The molecule has 1 fully saturated rings. The zero-order valence-electron chi connectivity index (χ0n) is 15.2. The molecule has 0 unspecified atom stereocenters. The smallest absolute Gasteiger partial charge is 0.294 e. The lowest BCUT2D eigenvalue weighted by molar-refractivity contribution is 0.346. The van der Waals surface area contributed by atoms with Gasteiger partial charge in [0, 0.05) is 26.1 Å².